The molecule has 0 heterocycles. The molecule has 0 N–H and O–H groups in total. The second-order valence-corrected chi connectivity index (χ2v) is 2.38. The highest BCUT2D eigenvalue weighted by molar-refractivity contribution is 6.32. The molecule has 0 nitrogen and oxygen atoms in total. The van der Waals surface area contributed by atoms with Crippen molar-refractivity contribution in [3.05, 3.63) is 11.1 Å². The lowest BCUT2D eigenvalue weighted by Gasteiger charge is -1.81. The zero-order valence-electron chi connectivity index (χ0n) is 5.58. The van der Waals surface area contributed by atoms with Crippen molar-refractivity contribution in [1.82, 2.24) is 0 Å². The van der Waals surface area contributed by atoms with E-state index in [4.69, 9.17) is 11.6 Å². The van der Waals surface area contributed by atoms with Crippen LogP contribution in [0.4, 0.5) is 0 Å². The van der Waals surface area contributed by atoms with Gasteiger partial charge in [0.1, 0.15) is 0 Å². The quantitative estimate of drug-likeness (QED) is 0.465. The third-order valence-electron chi connectivity index (χ3n) is 1.11. The first-order chi connectivity index (χ1) is 4.89. The van der Waals surface area contributed by atoms with Crippen molar-refractivity contribution in [1.29, 1.82) is 0 Å². The summed E-state index contributed by atoms with van der Waals surface area (Å²) in [5, 5.41) is 0.550. The maximum Gasteiger partial charge on any atom is 0.0987 e. The third-order valence-corrected chi connectivity index (χ3v) is 1.32. The van der Waals surface area contributed by atoms with Crippen molar-refractivity contribution < 1.29 is 0 Å². The summed E-state index contributed by atoms with van der Waals surface area (Å²) in [5.74, 6) is 11.5. The van der Waals surface area contributed by atoms with Crippen LogP contribution in [0.3, 0.4) is 0 Å². The van der Waals surface area contributed by atoms with Crippen molar-refractivity contribution in [2.24, 2.45) is 0 Å². The molecule has 0 fully saturated rings. The highest BCUT2D eigenvalue weighted by atomic mass is 35.5. The van der Waals surface area contributed by atoms with Crippen LogP contribution in [0, 0.1) is 23.7 Å². The van der Waals surface area contributed by atoms with E-state index in [1.165, 1.54) is 0 Å². The summed E-state index contributed by atoms with van der Waals surface area (Å²) in [7, 11) is 0. The van der Waals surface area contributed by atoms with Crippen molar-refractivity contribution in [2.75, 3.05) is 0 Å². The van der Waals surface area contributed by atoms with E-state index in [0.29, 0.717) is 5.03 Å². The van der Waals surface area contributed by atoms with E-state index >= 15 is 0 Å². The minimum atomic E-state index is 0.550. The molecule has 0 radical (unpaired) electrons. The van der Waals surface area contributed by atoms with Gasteiger partial charge in [-0.1, -0.05) is 35.3 Å². The predicted molar refractivity (Wildman–Crippen MR) is 43.3 cm³/mol. The molecule has 0 unspecified atom stereocenters. The Labute approximate surface area is 66.3 Å². The summed E-state index contributed by atoms with van der Waals surface area (Å²) in [6.07, 6.45) is 4.53. The number of hydrogen-bond acceptors (Lipinski definition) is 0. The van der Waals surface area contributed by atoms with Gasteiger partial charge >= 0.3 is 0 Å². The molecule has 1 aliphatic carbocycles. The molecule has 0 aromatic carbocycles. The molecule has 0 spiro atoms. The van der Waals surface area contributed by atoms with Gasteiger partial charge in [-0.25, -0.2) is 0 Å². The Kier molecular flexibility index (Phi) is 2.94. The zero-order chi connectivity index (χ0) is 7.23. The largest absolute Gasteiger partial charge is 0.0987 e. The fraction of sp³-hybridized carbons (Fsp3) is 0.333. The van der Waals surface area contributed by atoms with E-state index in [9.17, 15) is 0 Å². The molecule has 50 valence electrons. The van der Waals surface area contributed by atoms with E-state index in [2.05, 4.69) is 23.7 Å². The van der Waals surface area contributed by atoms with Gasteiger partial charge in [-0.2, -0.15) is 0 Å². The van der Waals surface area contributed by atoms with Gasteiger partial charge < -0.3 is 0 Å². The topological polar surface area (TPSA) is 0 Å². The lowest BCUT2D eigenvalue weighted by atomic mass is 10.2. The normalized spacial score (nSPS) is 21.1. The molecule has 10 heavy (non-hydrogen) atoms. The van der Waals surface area contributed by atoms with Crippen molar-refractivity contribution in [3.8, 4) is 23.7 Å². The Morgan fingerprint density at radius 2 is 2.10 bits per heavy atom. The predicted octanol–water partition coefficient (Wildman–Crippen LogP) is 2.30. The zero-order valence-corrected chi connectivity index (χ0v) is 6.33. The number of halogens is 1. The van der Waals surface area contributed by atoms with E-state index in [1.807, 2.05) is 0 Å². The average Bonchev–Trinajstić information content (AvgIpc) is 2.02. The van der Waals surface area contributed by atoms with Crippen LogP contribution >= 0.6 is 11.6 Å². The molecular formula is C9H7Cl. The summed E-state index contributed by atoms with van der Waals surface area (Å²) in [6.45, 7) is 0. The highest BCUT2D eigenvalue weighted by Crippen LogP contribution is 2.00. The third kappa shape index (κ3) is 2.62. The van der Waals surface area contributed by atoms with Crippen LogP contribution in [-0.4, -0.2) is 0 Å². The van der Waals surface area contributed by atoms with Gasteiger partial charge in [0.2, 0.25) is 0 Å². The smallest absolute Gasteiger partial charge is 0.0984 e. The first-order valence-corrected chi connectivity index (χ1v) is 3.60. The highest BCUT2D eigenvalue weighted by Gasteiger charge is 1.84. The Morgan fingerprint density at radius 3 is 3.00 bits per heavy atom. The van der Waals surface area contributed by atoms with Crippen molar-refractivity contribution in [2.45, 2.75) is 19.3 Å². The van der Waals surface area contributed by atoms with Crippen LogP contribution in [0.5, 0.6) is 0 Å². The van der Waals surface area contributed by atoms with E-state index < -0.39 is 0 Å². The maximum absolute atomic E-state index is 5.65. The molecule has 0 aromatic rings. The molecule has 1 heteroatoms. The average molecular weight is 151 g/mol. The number of allylic oxidation sites excluding steroid dienone is 2. The number of rotatable bonds is 0. The standard InChI is InChI=1S/C9H7Cl/c10-9-7-5-3-1-2-4-6-8-9/h8H,1-3H2/b9-8-. The first-order valence-electron chi connectivity index (χ1n) is 3.22. The molecule has 0 bridgehead atoms. The van der Waals surface area contributed by atoms with Crippen LogP contribution in [-0.2, 0) is 0 Å². The molecule has 0 aliphatic heterocycles. The van der Waals surface area contributed by atoms with Crippen molar-refractivity contribution in [3.63, 3.8) is 0 Å². The molecule has 0 aromatic heterocycles. The minimum absolute atomic E-state index is 0.550. The van der Waals surface area contributed by atoms with E-state index in [0.717, 1.165) is 19.3 Å². The van der Waals surface area contributed by atoms with Crippen molar-refractivity contribution >= 4 is 11.6 Å². The second kappa shape index (κ2) is 4.04. The minimum Gasteiger partial charge on any atom is -0.0984 e. The SMILES string of the molecule is Cl/C1=C\C#CCCCC#C1. The van der Waals surface area contributed by atoms with Gasteiger partial charge in [0.25, 0.3) is 0 Å². The first kappa shape index (κ1) is 7.26. The molecule has 0 amide bonds. The van der Waals surface area contributed by atoms with Gasteiger partial charge in [0.05, 0.1) is 5.03 Å². The number of hydrogen-bond donors (Lipinski definition) is 0. The van der Waals surface area contributed by atoms with Crippen LogP contribution < -0.4 is 0 Å². The molecule has 0 saturated carbocycles. The fourth-order valence-corrected chi connectivity index (χ4v) is 0.756. The van der Waals surface area contributed by atoms with Crippen LogP contribution in [0.2, 0.25) is 0 Å². The fourth-order valence-electron chi connectivity index (χ4n) is 0.635. The lowest BCUT2D eigenvalue weighted by Crippen LogP contribution is -1.67. The summed E-state index contributed by atoms with van der Waals surface area (Å²) in [6, 6.07) is 0. The Balaban J connectivity index is 2.73. The maximum atomic E-state index is 5.65. The van der Waals surface area contributed by atoms with Crippen LogP contribution in [0.1, 0.15) is 19.3 Å². The molecule has 1 rings (SSSR count). The van der Waals surface area contributed by atoms with Crippen LogP contribution in [0.15, 0.2) is 11.1 Å². The van der Waals surface area contributed by atoms with Gasteiger partial charge in [0, 0.05) is 18.9 Å². The molecule has 1 aliphatic rings. The van der Waals surface area contributed by atoms with Gasteiger partial charge in [-0.3, -0.25) is 0 Å². The second-order valence-electron chi connectivity index (χ2n) is 1.97. The van der Waals surface area contributed by atoms with Gasteiger partial charge in [-0.15, -0.1) is 0 Å². The molecule has 0 saturated heterocycles. The Bertz CT molecular complexity index is 252. The molecular weight excluding hydrogens is 144 g/mol. The monoisotopic (exact) mass is 150 g/mol. The summed E-state index contributed by atoms with van der Waals surface area (Å²) < 4.78 is 0. The Morgan fingerprint density at radius 1 is 1.30 bits per heavy atom. The Hall–Kier alpha value is -0.850. The summed E-state index contributed by atoms with van der Waals surface area (Å²) >= 11 is 5.65. The summed E-state index contributed by atoms with van der Waals surface area (Å²) in [4.78, 5) is 0. The van der Waals surface area contributed by atoms with E-state index in [-0.39, 0.29) is 0 Å². The molecule has 0 atom stereocenters. The van der Waals surface area contributed by atoms with E-state index in [1.54, 1.807) is 6.08 Å². The summed E-state index contributed by atoms with van der Waals surface area (Å²) in [5.41, 5.74) is 0. The van der Waals surface area contributed by atoms with Gasteiger partial charge in [-0.05, 0) is 6.42 Å². The lowest BCUT2D eigenvalue weighted by molar-refractivity contribution is 0.904. The van der Waals surface area contributed by atoms with Gasteiger partial charge in [0.15, 0.2) is 0 Å². The van der Waals surface area contributed by atoms with Crippen LogP contribution in [0.25, 0.3) is 0 Å².